The number of carbonyl (C=O) groups excluding carboxylic acids is 1. The van der Waals surface area contributed by atoms with Crippen molar-refractivity contribution in [2.45, 2.75) is 20.1 Å². The molecular weight excluding hydrogens is 432 g/mol. The first kappa shape index (κ1) is 22.1. The van der Waals surface area contributed by atoms with Gasteiger partial charge in [0.15, 0.2) is 17.3 Å². The smallest absolute Gasteiger partial charge is 0.387 e. The second-order valence-corrected chi connectivity index (χ2v) is 6.96. The number of fused-ring (bicyclic) bond motifs is 1. The molecule has 3 aromatic carbocycles. The quantitative estimate of drug-likeness (QED) is 0.324. The molecule has 1 heterocycles. The third kappa shape index (κ3) is 5.41. The summed E-state index contributed by atoms with van der Waals surface area (Å²) < 4.78 is 46.4. The Labute approximate surface area is 188 Å². The van der Waals surface area contributed by atoms with E-state index in [1.807, 2.05) is 42.5 Å². The van der Waals surface area contributed by atoms with Crippen molar-refractivity contribution in [3.63, 3.8) is 0 Å². The molecule has 6 nitrogen and oxygen atoms in total. The van der Waals surface area contributed by atoms with Crippen LogP contribution in [0, 0.1) is 0 Å². The van der Waals surface area contributed by atoms with E-state index in [9.17, 15) is 13.6 Å². The van der Waals surface area contributed by atoms with Crippen LogP contribution in [-0.4, -0.2) is 19.1 Å². The van der Waals surface area contributed by atoms with Crippen LogP contribution in [0.3, 0.4) is 0 Å². The number of ether oxygens (including phenoxy) is 3. The fourth-order valence-corrected chi connectivity index (χ4v) is 3.29. The van der Waals surface area contributed by atoms with Crippen LogP contribution in [0.1, 0.15) is 23.2 Å². The van der Waals surface area contributed by atoms with Gasteiger partial charge < -0.3 is 23.9 Å². The molecule has 0 saturated carbocycles. The van der Waals surface area contributed by atoms with E-state index in [0.29, 0.717) is 17.2 Å². The Bertz CT molecular complexity index is 1250. The standard InChI is InChI=1S/C25H21F2NO5/c1-2-30-23-14-17(10-12-21(23)33-25(26)27)28-24(29)22-13-11-18(32-22)15-31-20-9-5-7-16-6-3-4-8-19(16)20/h3-14,25H,2,15H2,1H3,(H,28,29). The average Bonchev–Trinajstić information content (AvgIpc) is 3.28. The van der Waals surface area contributed by atoms with E-state index in [1.54, 1.807) is 13.0 Å². The van der Waals surface area contributed by atoms with Crippen molar-refractivity contribution in [1.82, 2.24) is 0 Å². The van der Waals surface area contributed by atoms with Crippen molar-refractivity contribution in [3.05, 3.63) is 84.3 Å². The maximum absolute atomic E-state index is 12.6. The summed E-state index contributed by atoms with van der Waals surface area (Å²) in [6.45, 7) is -0.880. The molecule has 4 aromatic rings. The molecule has 170 valence electrons. The molecule has 0 radical (unpaired) electrons. The second kappa shape index (κ2) is 10.0. The lowest BCUT2D eigenvalue weighted by atomic mass is 10.1. The summed E-state index contributed by atoms with van der Waals surface area (Å²) in [4.78, 5) is 12.6. The minimum absolute atomic E-state index is 0.0809. The molecule has 1 amide bonds. The highest BCUT2D eigenvalue weighted by atomic mass is 19.3. The van der Waals surface area contributed by atoms with Gasteiger partial charge in [0.1, 0.15) is 18.1 Å². The molecule has 8 heteroatoms. The Morgan fingerprint density at radius 3 is 2.58 bits per heavy atom. The number of alkyl halides is 2. The number of nitrogens with one attached hydrogen (secondary N) is 1. The summed E-state index contributed by atoms with van der Waals surface area (Å²) in [6, 6.07) is 21.0. The molecule has 0 fully saturated rings. The van der Waals surface area contributed by atoms with Crippen LogP contribution >= 0.6 is 0 Å². The lowest BCUT2D eigenvalue weighted by molar-refractivity contribution is -0.0514. The monoisotopic (exact) mass is 453 g/mol. The predicted octanol–water partition coefficient (Wildman–Crippen LogP) is 6.26. The largest absolute Gasteiger partial charge is 0.490 e. The number of halogens is 2. The zero-order valence-corrected chi connectivity index (χ0v) is 17.7. The minimum Gasteiger partial charge on any atom is -0.490 e. The number of rotatable bonds is 9. The van der Waals surface area contributed by atoms with Crippen molar-refractivity contribution in [2.75, 3.05) is 11.9 Å². The maximum Gasteiger partial charge on any atom is 0.387 e. The summed E-state index contributed by atoms with van der Waals surface area (Å²) in [7, 11) is 0. The molecule has 0 aliphatic rings. The van der Waals surface area contributed by atoms with Gasteiger partial charge in [-0.05, 0) is 42.6 Å². The summed E-state index contributed by atoms with van der Waals surface area (Å²) in [5.41, 5.74) is 0.343. The van der Waals surface area contributed by atoms with E-state index in [-0.39, 0.29) is 30.5 Å². The van der Waals surface area contributed by atoms with Crippen LogP contribution in [0.2, 0.25) is 0 Å². The number of furan rings is 1. The number of hydrogen-bond acceptors (Lipinski definition) is 5. The van der Waals surface area contributed by atoms with Gasteiger partial charge >= 0.3 is 6.61 Å². The molecule has 0 atom stereocenters. The molecule has 4 rings (SSSR count). The van der Waals surface area contributed by atoms with Crippen LogP contribution in [0.5, 0.6) is 17.2 Å². The van der Waals surface area contributed by atoms with Crippen LogP contribution < -0.4 is 19.5 Å². The number of anilines is 1. The van der Waals surface area contributed by atoms with E-state index in [2.05, 4.69) is 10.1 Å². The van der Waals surface area contributed by atoms with E-state index in [0.717, 1.165) is 10.8 Å². The minimum atomic E-state index is -2.98. The summed E-state index contributed by atoms with van der Waals surface area (Å²) in [5, 5.41) is 4.69. The highest BCUT2D eigenvalue weighted by Gasteiger charge is 2.16. The Balaban J connectivity index is 1.42. The van der Waals surface area contributed by atoms with Crippen LogP contribution in [0.25, 0.3) is 10.8 Å². The van der Waals surface area contributed by atoms with E-state index >= 15 is 0 Å². The Hall–Kier alpha value is -4.07. The summed E-state index contributed by atoms with van der Waals surface area (Å²) in [6.07, 6.45) is 0. The summed E-state index contributed by atoms with van der Waals surface area (Å²) >= 11 is 0. The lowest BCUT2D eigenvalue weighted by Gasteiger charge is -2.13. The number of carbonyl (C=O) groups is 1. The third-order valence-corrected chi connectivity index (χ3v) is 4.72. The molecule has 0 unspecified atom stereocenters. The molecule has 0 aliphatic heterocycles. The molecule has 0 aliphatic carbocycles. The third-order valence-electron chi connectivity index (χ3n) is 4.72. The van der Waals surface area contributed by atoms with Gasteiger partial charge in [-0.15, -0.1) is 0 Å². The average molecular weight is 453 g/mol. The van der Waals surface area contributed by atoms with Gasteiger partial charge in [-0.1, -0.05) is 36.4 Å². The van der Waals surface area contributed by atoms with Crippen molar-refractivity contribution >= 4 is 22.4 Å². The highest BCUT2D eigenvalue weighted by molar-refractivity contribution is 6.02. The van der Waals surface area contributed by atoms with Crippen molar-refractivity contribution < 1.29 is 32.2 Å². The van der Waals surface area contributed by atoms with Crippen molar-refractivity contribution in [2.24, 2.45) is 0 Å². The van der Waals surface area contributed by atoms with Crippen molar-refractivity contribution in [3.8, 4) is 17.2 Å². The molecule has 0 bridgehead atoms. The molecular formula is C25H21F2NO5. The normalized spacial score (nSPS) is 10.9. The van der Waals surface area contributed by atoms with E-state index in [1.165, 1.54) is 24.3 Å². The van der Waals surface area contributed by atoms with Gasteiger partial charge in [0.25, 0.3) is 5.91 Å². The number of amides is 1. The van der Waals surface area contributed by atoms with Gasteiger partial charge in [0.05, 0.1) is 6.61 Å². The fourth-order valence-electron chi connectivity index (χ4n) is 3.29. The maximum atomic E-state index is 12.6. The van der Waals surface area contributed by atoms with Gasteiger partial charge in [-0.25, -0.2) is 0 Å². The first-order valence-electron chi connectivity index (χ1n) is 10.3. The van der Waals surface area contributed by atoms with Crippen molar-refractivity contribution in [1.29, 1.82) is 0 Å². The predicted molar refractivity (Wildman–Crippen MR) is 119 cm³/mol. The zero-order chi connectivity index (χ0) is 23.2. The number of hydrogen-bond donors (Lipinski definition) is 1. The first-order chi connectivity index (χ1) is 16.0. The fraction of sp³-hybridized carbons (Fsp3) is 0.160. The van der Waals surface area contributed by atoms with Crippen LogP contribution in [0.4, 0.5) is 14.5 Å². The van der Waals surface area contributed by atoms with Gasteiger partial charge in [0, 0.05) is 17.1 Å². The van der Waals surface area contributed by atoms with Gasteiger partial charge in [0.2, 0.25) is 0 Å². The van der Waals surface area contributed by atoms with Crippen LogP contribution in [0.15, 0.2) is 77.2 Å². The van der Waals surface area contributed by atoms with E-state index in [4.69, 9.17) is 13.9 Å². The van der Waals surface area contributed by atoms with Gasteiger partial charge in [-0.2, -0.15) is 8.78 Å². The SMILES string of the molecule is CCOc1cc(NC(=O)c2ccc(COc3cccc4ccccc34)o2)ccc1OC(F)F. The molecule has 33 heavy (non-hydrogen) atoms. The zero-order valence-electron chi connectivity index (χ0n) is 17.7. The molecule has 0 saturated heterocycles. The molecule has 0 spiro atoms. The van der Waals surface area contributed by atoms with Crippen LogP contribution in [-0.2, 0) is 6.61 Å². The summed E-state index contributed by atoms with van der Waals surface area (Å²) in [5.74, 6) is 0.748. The Morgan fingerprint density at radius 1 is 0.939 bits per heavy atom. The molecule has 1 N–H and O–H groups in total. The topological polar surface area (TPSA) is 69.9 Å². The second-order valence-electron chi connectivity index (χ2n) is 6.96. The Morgan fingerprint density at radius 2 is 1.76 bits per heavy atom. The number of benzene rings is 3. The lowest BCUT2D eigenvalue weighted by Crippen LogP contribution is -2.11. The first-order valence-corrected chi connectivity index (χ1v) is 10.3. The highest BCUT2D eigenvalue weighted by Crippen LogP contribution is 2.32. The molecule has 1 aromatic heterocycles. The van der Waals surface area contributed by atoms with E-state index < -0.39 is 12.5 Å². The Kier molecular flexibility index (Phi) is 6.73. The van der Waals surface area contributed by atoms with Gasteiger partial charge in [-0.3, -0.25) is 4.79 Å².